The van der Waals surface area contributed by atoms with Gasteiger partial charge < -0.3 is 4.90 Å². The minimum atomic E-state index is -0.391. The molecule has 1 saturated heterocycles. The zero-order valence-electron chi connectivity index (χ0n) is 9.95. The maximum Gasteiger partial charge on any atom is 0.257 e. The van der Waals surface area contributed by atoms with Crippen molar-refractivity contribution in [3.05, 3.63) is 35.1 Å². The van der Waals surface area contributed by atoms with Crippen molar-refractivity contribution in [3.63, 3.8) is 0 Å². The maximum atomic E-state index is 13.7. The Labute approximate surface area is 100 Å². The number of benzene rings is 1. The molecule has 0 radical (unpaired) electrons. The summed E-state index contributed by atoms with van der Waals surface area (Å²) in [6.45, 7) is 2.64. The molecule has 0 aromatic heterocycles. The van der Waals surface area contributed by atoms with E-state index in [1.807, 2.05) is 11.8 Å². The summed E-state index contributed by atoms with van der Waals surface area (Å²) in [4.78, 5) is 14.1. The van der Waals surface area contributed by atoms with E-state index in [1.165, 1.54) is 12.5 Å². The second kappa shape index (κ2) is 3.83. The quantitative estimate of drug-likeness (QED) is 0.730. The van der Waals surface area contributed by atoms with Crippen molar-refractivity contribution in [2.24, 2.45) is 5.92 Å². The van der Waals surface area contributed by atoms with Gasteiger partial charge >= 0.3 is 0 Å². The highest BCUT2D eigenvalue weighted by molar-refractivity contribution is 5.95. The molecule has 2 atom stereocenters. The summed E-state index contributed by atoms with van der Waals surface area (Å²) in [6.07, 6.45) is 3.42. The normalized spacial score (nSPS) is 26.6. The number of halogens is 1. The summed E-state index contributed by atoms with van der Waals surface area (Å²) in [5.41, 5.74) is 1.07. The molecule has 1 aliphatic heterocycles. The number of carbonyl (C=O) groups excluding carboxylic acids is 1. The fourth-order valence-corrected chi connectivity index (χ4v) is 3.12. The van der Waals surface area contributed by atoms with Crippen LogP contribution in [0.2, 0.25) is 0 Å². The van der Waals surface area contributed by atoms with Gasteiger partial charge in [-0.2, -0.15) is 0 Å². The Morgan fingerprint density at radius 3 is 2.82 bits per heavy atom. The topological polar surface area (TPSA) is 20.3 Å². The van der Waals surface area contributed by atoms with Crippen LogP contribution >= 0.6 is 0 Å². The van der Waals surface area contributed by atoms with Gasteiger partial charge in [0.25, 0.3) is 5.91 Å². The van der Waals surface area contributed by atoms with E-state index in [0.717, 1.165) is 24.9 Å². The van der Waals surface area contributed by atoms with E-state index in [9.17, 15) is 9.18 Å². The molecule has 90 valence electrons. The lowest BCUT2D eigenvalue weighted by atomic mass is 10.1. The summed E-state index contributed by atoms with van der Waals surface area (Å²) in [5, 5.41) is 0. The van der Waals surface area contributed by atoms with Crippen molar-refractivity contribution in [3.8, 4) is 0 Å². The second-order valence-electron chi connectivity index (χ2n) is 5.27. The summed E-state index contributed by atoms with van der Waals surface area (Å²) in [5.74, 6) is 0.130. The highest BCUT2D eigenvalue weighted by Gasteiger charge is 2.40. The molecule has 1 aromatic rings. The molecule has 2 unspecified atom stereocenters. The zero-order valence-corrected chi connectivity index (χ0v) is 9.95. The van der Waals surface area contributed by atoms with Gasteiger partial charge in [-0.25, -0.2) is 4.39 Å². The molecule has 0 spiro atoms. The van der Waals surface area contributed by atoms with Crippen LogP contribution in [0.1, 0.15) is 35.2 Å². The Hall–Kier alpha value is -1.38. The van der Waals surface area contributed by atoms with Crippen molar-refractivity contribution in [1.29, 1.82) is 0 Å². The van der Waals surface area contributed by atoms with Gasteiger partial charge in [0.05, 0.1) is 5.56 Å². The van der Waals surface area contributed by atoms with Crippen molar-refractivity contribution < 1.29 is 9.18 Å². The molecule has 2 nitrogen and oxygen atoms in total. The largest absolute Gasteiger partial charge is 0.335 e. The smallest absolute Gasteiger partial charge is 0.257 e. The first kappa shape index (κ1) is 10.8. The Bertz CT molecular complexity index is 471. The predicted molar refractivity (Wildman–Crippen MR) is 63.3 cm³/mol. The highest BCUT2D eigenvalue weighted by Crippen LogP contribution is 2.38. The van der Waals surface area contributed by atoms with Gasteiger partial charge in [-0.15, -0.1) is 0 Å². The molecule has 3 heteroatoms. The molecular formula is C14H16FNO. The van der Waals surface area contributed by atoms with E-state index in [4.69, 9.17) is 0 Å². The first-order valence-electron chi connectivity index (χ1n) is 6.22. The minimum Gasteiger partial charge on any atom is -0.335 e. The first-order chi connectivity index (χ1) is 8.15. The van der Waals surface area contributed by atoms with Crippen molar-refractivity contribution in [2.45, 2.75) is 32.2 Å². The van der Waals surface area contributed by atoms with E-state index >= 15 is 0 Å². The van der Waals surface area contributed by atoms with Crippen molar-refractivity contribution in [2.75, 3.05) is 6.54 Å². The number of rotatable bonds is 1. The van der Waals surface area contributed by atoms with Crippen LogP contribution in [0.3, 0.4) is 0 Å². The number of piperidine rings is 1. The number of hydrogen-bond acceptors (Lipinski definition) is 1. The molecule has 0 N–H and O–H groups in total. The second-order valence-corrected chi connectivity index (χ2v) is 5.27. The fraction of sp³-hybridized carbons (Fsp3) is 0.500. The Morgan fingerprint density at radius 2 is 2.24 bits per heavy atom. The summed E-state index contributed by atoms with van der Waals surface area (Å²) in [7, 11) is 0. The third kappa shape index (κ3) is 1.74. The molecule has 1 aromatic carbocycles. The molecule has 1 saturated carbocycles. The Morgan fingerprint density at radius 1 is 1.41 bits per heavy atom. The van der Waals surface area contributed by atoms with Crippen LogP contribution < -0.4 is 0 Å². The van der Waals surface area contributed by atoms with Gasteiger partial charge in [0.2, 0.25) is 0 Å². The van der Waals surface area contributed by atoms with Crippen LogP contribution in [0.4, 0.5) is 4.39 Å². The molecular weight excluding hydrogens is 217 g/mol. The monoisotopic (exact) mass is 233 g/mol. The molecule has 1 heterocycles. The van der Waals surface area contributed by atoms with E-state index < -0.39 is 5.82 Å². The average Bonchev–Trinajstić information content (AvgIpc) is 2.89. The fourth-order valence-electron chi connectivity index (χ4n) is 3.12. The Kier molecular flexibility index (Phi) is 2.42. The zero-order chi connectivity index (χ0) is 12.0. The standard InChI is InChI=1S/C14H16FNO/c1-9-2-5-12(13(15)6-9)14(17)16-8-10-3-4-11(16)7-10/h2,5-6,10-11H,3-4,7-8H2,1H3. The minimum absolute atomic E-state index is 0.130. The third-order valence-corrected chi connectivity index (χ3v) is 4.03. The number of likely N-dealkylation sites (tertiary alicyclic amines) is 1. The van der Waals surface area contributed by atoms with Crippen LogP contribution in [-0.4, -0.2) is 23.4 Å². The SMILES string of the molecule is Cc1ccc(C(=O)N2CC3CCC2C3)c(F)c1. The van der Waals surface area contributed by atoms with E-state index in [1.54, 1.807) is 12.1 Å². The van der Waals surface area contributed by atoms with E-state index in [0.29, 0.717) is 12.0 Å². The number of hydrogen-bond donors (Lipinski definition) is 0. The highest BCUT2D eigenvalue weighted by atomic mass is 19.1. The number of carbonyl (C=O) groups is 1. The van der Waals surface area contributed by atoms with E-state index in [-0.39, 0.29) is 11.5 Å². The predicted octanol–water partition coefficient (Wildman–Crippen LogP) is 2.76. The van der Waals surface area contributed by atoms with Gasteiger partial charge in [-0.3, -0.25) is 4.79 Å². The summed E-state index contributed by atoms with van der Waals surface area (Å²) >= 11 is 0. The van der Waals surface area contributed by atoms with Gasteiger partial charge in [0.15, 0.2) is 0 Å². The van der Waals surface area contributed by atoms with Crippen molar-refractivity contribution >= 4 is 5.91 Å². The number of fused-ring (bicyclic) bond motifs is 2. The number of amides is 1. The molecule has 1 aliphatic carbocycles. The lowest BCUT2D eigenvalue weighted by Gasteiger charge is -2.27. The van der Waals surface area contributed by atoms with Crippen LogP contribution in [0.5, 0.6) is 0 Å². The van der Waals surface area contributed by atoms with Crippen molar-refractivity contribution in [1.82, 2.24) is 4.90 Å². The van der Waals surface area contributed by atoms with Gasteiger partial charge in [-0.05, 0) is 49.8 Å². The molecule has 3 rings (SSSR count). The third-order valence-electron chi connectivity index (χ3n) is 4.03. The lowest BCUT2D eigenvalue weighted by Crippen LogP contribution is -2.38. The number of aryl methyl sites for hydroxylation is 1. The van der Waals surface area contributed by atoms with Crippen LogP contribution in [0.15, 0.2) is 18.2 Å². The molecule has 2 bridgehead atoms. The van der Waals surface area contributed by atoms with E-state index in [2.05, 4.69) is 0 Å². The van der Waals surface area contributed by atoms with Crippen LogP contribution in [0, 0.1) is 18.7 Å². The van der Waals surface area contributed by atoms with Crippen LogP contribution in [0.25, 0.3) is 0 Å². The molecule has 17 heavy (non-hydrogen) atoms. The average molecular weight is 233 g/mol. The van der Waals surface area contributed by atoms with Gasteiger partial charge in [0, 0.05) is 12.6 Å². The maximum absolute atomic E-state index is 13.7. The first-order valence-corrected chi connectivity index (χ1v) is 6.22. The lowest BCUT2D eigenvalue weighted by molar-refractivity contribution is 0.0699. The molecule has 2 fully saturated rings. The Balaban J connectivity index is 1.87. The summed E-state index contributed by atoms with van der Waals surface area (Å²) in [6, 6.07) is 5.19. The molecule has 2 aliphatic rings. The number of nitrogens with zero attached hydrogens (tertiary/aromatic N) is 1. The molecule has 1 amide bonds. The van der Waals surface area contributed by atoms with Gasteiger partial charge in [0.1, 0.15) is 5.82 Å². The summed E-state index contributed by atoms with van der Waals surface area (Å²) < 4.78 is 13.7. The van der Waals surface area contributed by atoms with Gasteiger partial charge in [-0.1, -0.05) is 6.07 Å². The van der Waals surface area contributed by atoms with Crippen LogP contribution in [-0.2, 0) is 0 Å².